The van der Waals surface area contributed by atoms with Gasteiger partial charge in [0.2, 0.25) is 0 Å². The van der Waals surface area contributed by atoms with Crippen LogP contribution in [0.5, 0.6) is 11.5 Å². The molecule has 0 amide bonds. The number of aromatic hydroxyl groups is 2. The van der Waals surface area contributed by atoms with E-state index in [1.165, 1.54) is 21.9 Å². The zero-order valence-corrected chi connectivity index (χ0v) is 69.8. The van der Waals surface area contributed by atoms with Gasteiger partial charge in [-0.15, -0.1) is 53.1 Å². The van der Waals surface area contributed by atoms with Gasteiger partial charge in [0.15, 0.2) is 0 Å². The predicted octanol–water partition coefficient (Wildman–Crippen LogP) is 24.2. The number of phenolic OH excluding ortho intramolecular Hbond substituents is 2. The number of phenols is 2. The van der Waals surface area contributed by atoms with E-state index in [0.29, 0.717) is 17.2 Å². The Bertz CT molecular complexity index is 5460. The molecule has 0 spiro atoms. The van der Waals surface area contributed by atoms with Gasteiger partial charge in [0.25, 0.3) is 0 Å². The summed E-state index contributed by atoms with van der Waals surface area (Å²) < 4.78 is 4.37. The van der Waals surface area contributed by atoms with E-state index in [0.717, 1.165) is 117 Å². The van der Waals surface area contributed by atoms with Gasteiger partial charge in [-0.1, -0.05) is 297 Å². The first-order valence-corrected chi connectivity index (χ1v) is 39.8. The minimum atomic E-state index is -1.51. The topological polar surface area (TPSA) is 102 Å². The van der Waals surface area contributed by atoms with Crippen LogP contribution in [0.3, 0.4) is 0 Å². The number of fused-ring (bicyclic) bond motifs is 2. The van der Waals surface area contributed by atoms with Crippen molar-refractivity contribution in [1.29, 1.82) is 0 Å². The van der Waals surface area contributed by atoms with E-state index in [1.807, 2.05) is 91.3 Å². The van der Waals surface area contributed by atoms with Gasteiger partial charge in [-0.25, -0.2) is 9.97 Å². The first-order chi connectivity index (χ1) is 49.2. The van der Waals surface area contributed by atoms with Gasteiger partial charge in [-0.2, -0.15) is 0 Å². The molecule has 0 unspecified atom stereocenters. The zero-order valence-electron chi connectivity index (χ0n) is 64.3. The molecule has 0 aliphatic heterocycles. The molecule has 4 aromatic heterocycles. The van der Waals surface area contributed by atoms with Crippen molar-refractivity contribution in [3.05, 3.63) is 283 Å². The number of pyridine rings is 2. The van der Waals surface area contributed by atoms with Crippen LogP contribution in [0.1, 0.15) is 132 Å². The number of para-hydroxylation sites is 4. The molecular formula is C95H96N6O2Pt2Si-2. The van der Waals surface area contributed by atoms with Crippen molar-refractivity contribution < 1.29 is 52.3 Å². The fourth-order valence-corrected chi connectivity index (χ4v) is 14.5. The Balaban J connectivity index is 0.000000208. The van der Waals surface area contributed by atoms with E-state index in [1.54, 1.807) is 6.07 Å². The summed E-state index contributed by atoms with van der Waals surface area (Å²) in [5.74, 6) is 1.82. The van der Waals surface area contributed by atoms with E-state index >= 15 is 0 Å². The van der Waals surface area contributed by atoms with E-state index in [4.69, 9.17) is 19.9 Å². The summed E-state index contributed by atoms with van der Waals surface area (Å²) in [6, 6.07) is 87.6. The minimum absolute atomic E-state index is 0. The average molecular weight is 1770 g/mol. The Morgan fingerprint density at radius 1 is 0.349 bits per heavy atom. The summed E-state index contributed by atoms with van der Waals surface area (Å²) >= 11 is 0. The third-order valence-corrected chi connectivity index (χ3v) is 21.8. The fraction of sp³-hybridized carbons (Fsp3) is 0.242. The smallest absolute Gasteiger partial charge is 0.148 e. The van der Waals surface area contributed by atoms with Crippen molar-refractivity contribution >= 4 is 35.3 Å². The summed E-state index contributed by atoms with van der Waals surface area (Å²) in [5.41, 5.74) is 24.0. The zero-order chi connectivity index (χ0) is 74.0. The molecule has 14 aromatic rings. The molecule has 106 heavy (non-hydrogen) atoms. The monoisotopic (exact) mass is 1770 g/mol. The number of nitrogens with zero attached hydrogens (tertiary/aromatic N) is 6. The fourth-order valence-electron chi connectivity index (χ4n) is 13.5. The average Bonchev–Trinajstić information content (AvgIpc) is 1.63. The van der Waals surface area contributed by atoms with Gasteiger partial charge in [-0.3, -0.25) is 19.1 Å². The molecule has 10 aromatic carbocycles. The molecular weight excluding hydrogens is 1680 g/mol. The minimum Gasteiger partial charge on any atom is -0.507 e. The van der Waals surface area contributed by atoms with Crippen molar-refractivity contribution in [3.63, 3.8) is 0 Å². The van der Waals surface area contributed by atoms with E-state index in [-0.39, 0.29) is 80.7 Å². The maximum atomic E-state index is 12.1. The Morgan fingerprint density at radius 2 is 0.811 bits per heavy atom. The second-order valence-corrected chi connectivity index (χ2v) is 39.0. The predicted molar refractivity (Wildman–Crippen MR) is 439 cm³/mol. The molecule has 2 N–H and O–H groups in total. The second-order valence-electron chi connectivity index (χ2n) is 33.9. The van der Waals surface area contributed by atoms with Crippen molar-refractivity contribution in [1.82, 2.24) is 29.1 Å². The molecule has 0 radical (unpaired) electrons. The molecule has 0 fully saturated rings. The first-order valence-electron chi connectivity index (χ1n) is 36.3. The maximum absolute atomic E-state index is 12.1. The van der Waals surface area contributed by atoms with Crippen molar-refractivity contribution in [2.45, 2.75) is 151 Å². The second kappa shape index (κ2) is 30.1. The Morgan fingerprint density at radius 3 is 1.36 bits per heavy atom. The molecule has 14 rings (SSSR count). The number of hydrogen-bond acceptors (Lipinski definition) is 6. The number of imidazole rings is 2. The van der Waals surface area contributed by atoms with E-state index in [2.05, 4.69) is 290 Å². The largest absolute Gasteiger partial charge is 0.507 e. The molecule has 0 atom stereocenters. The molecule has 0 aliphatic rings. The van der Waals surface area contributed by atoms with Crippen LogP contribution >= 0.6 is 0 Å². The van der Waals surface area contributed by atoms with Crippen molar-refractivity contribution in [2.75, 3.05) is 0 Å². The summed E-state index contributed by atoms with van der Waals surface area (Å²) in [6.45, 7) is 40.5. The van der Waals surface area contributed by atoms with Crippen LogP contribution in [-0.4, -0.2) is 47.4 Å². The molecule has 11 heteroatoms. The standard InChI is InChI=1S/C48H48N3O.C47H48N3OSi.2Pt/c1-46(2,3)35-26-33(23-34(27-35)41-20-15-16-22-49-41)40-28-32(31-24-36(47(4,5)6)30-37(25-31)48(7,8)9)29-42-44(40)50-45(39-19-13-14-21-43(39)52)51(42)38-17-11-10-12-18-38;1-46(2,3)35-28-39(44(51)40(29-35)47(4,5)6)45-49-43-38(21-16-22-42(43)50(45)36-19-14-11-15-20-36)33-25-32(31-17-12-10-13-18-31)26-34(27-33)41-24-23-37(30-48-41)52(7,8)9;;/h10-22,24-30,52H,1-9H3;10-26,28-30,51H,1-9H3;;/q2*-1;;. The van der Waals surface area contributed by atoms with Gasteiger partial charge >= 0.3 is 0 Å². The molecule has 0 bridgehead atoms. The first kappa shape index (κ1) is 77.7. The molecule has 0 saturated carbocycles. The van der Waals surface area contributed by atoms with Crippen LogP contribution < -0.4 is 5.19 Å². The van der Waals surface area contributed by atoms with Crippen molar-refractivity contribution in [2.24, 2.45) is 0 Å². The number of benzene rings is 10. The normalized spacial score (nSPS) is 12.2. The van der Waals surface area contributed by atoms with Gasteiger partial charge in [0.05, 0.1) is 41.3 Å². The van der Waals surface area contributed by atoms with Crippen molar-refractivity contribution in [3.8, 4) is 113 Å². The summed E-state index contributed by atoms with van der Waals surface area (Å²) in [5, 5.41) is 24.6. The number of rotatable bonds is 11. The van der Waals surface area contributed by atoms with Crippen LogP contribution in [0.2, 0.25) is 19.6 Å². The SMILES string of the molecule is CC(C)(C)c1cc(-c2ccccn2)[c-]c(-c2cc(-c3cc(C(C)(C)C)cc(C(C)(C)C)c3)cc3c2nc(-c2ccccc2O)n3-c2ccccc2)c1.CC(C)(C)c1cc(-c2nc3c(-c4[c-]c(-c5ccc([Si](C)(C)C)cn5)cc(-c5ccccc5)c4)cccc3n2-c2ccccc2)c(O)c(C(C)(C)C)c1.[Pt].[Pt]. The van der Waals surface area contributed by atoms with Gasteiger partial charge in [-0.05, 0) is 126 Å². The van der Waals surface area contributed by atoms with Crippen LogP contribution in [0.15, 0.2) is 243 Å². The quantitative estimate of drug-likeness (QED) is 0.0988. The molecule has 8 nitrogen and oxygen atoms in total. The van der Waals surface area contributed by atoms with Gasteiger partial charge in [0.1, 0.15) is 23.1 Å². The Labute approximate surface area is 657 Å². The molecule has 0 saturated heterocycles. The van der Waals surface area contributed by atoms with Gasteiger partial charge < -0.3 is 10.2 Å². The Hall–Kier alpha value is -9.37. The summed E-state index contributed by atoms with van der Waals surface area (Å²) in [7, 11) is -1.51. The van der Waals surface area contributed by atoms with E-state index in [9.17, 15) is 10.2 Å². The van der Waals surface area contributed by atoms with Gasteiger partial charge in [0, 0.05) is 82.9 Å². The van der Waals surface area contributed by atoms with Crippen LogP contribution in [0.25, 0.3) is 123 Å². The third-order valence-electron chi connectivity index (χ3n) is 19.8. The number of hydrogen-bond donors (Lipinski definition) is 2. The number of aromatic nitrogens is 6. The maximum Gasteiger partial charge on any atom is 0.148 e. The van der Waals surface area contributed by atoms with Crippen LogP contribution in [0, 0.1) is 12.1 Å². The molecule has 4 heterocycles. The van der Waals surface area contributed by atoms with Crippen LogP contribution in [0.4, 0.5) is 0 Å². The summed E-state index contributed by atoms with van der Waals surface area (Å²) in [6.07, 6.45) is 3.88. The third kappa shape index (κ3) is 16.3. The summed E-state index contributed by atoms with van der Waals surface area (Å²) in [4.78, 5) is 20.6. The molecule has 544 valence electrons. The van der Waals surface area contributed by atoms with E-state index < -0.39 is 8.07 Å². The Kier molecular flexibility index (Phi) is 22.1. The van der Waals surface area contributed by atoms with Crippen LogP contribution in [-0.2, 0) is 69.2 Å². The molecule has 0 aliphatic carbocycles.